The van der Waals surface area contributed by atoms with Gasteiger partial charge in [0.15, 0.2) is 5.82 Å². The fraction of sp³-hybridized carbons (Fsp3) is 0.273. The van der Waals surface area contributed by atoms with Crippen LogP contribution in [-0.2, 0) is 16.4 Å². The molecule has 0 aliphatic carbocycles. The first kappa shape index (κ1) is 19.5. The molecular weight excluding hydrogens is 384 g/mol. The Balaban J connectivity index is 1.42. The second-order valence-electron chi connectivity index (χ2n) is 7.03. The van der Waals surface area contributed by atoms with Gasteiger partial charge < -0.3 is 4.90 Å². The van der Waals surface area contributed by atoms with Gasteiger partial charge in [-0.15, -0.1) is 10.2 Å². The van der Waals surface area contributed by atoms with Crippen molar-refractivity contribution in [3.8, 4) is 11.3 Å². The molecule has 2 heterocycles. The van der Waals surface area contributed by atoms with E-state index < -0.39 is 10.0 Å². The van der Waals surface area contributed by atoms with E-state index in [2.05, 4.69) is 22.0 Å². The molecule has 0 spiro atoms. The minimum Gasteiger partial charge on any atom is -0.352 e. The van der Waals surface area contributed by atoms with Crippen molar-refractivity contribution in [3.63, 3.8) is 0 Å². The summed E-state index contributed by atoms with van der Waals surface area (Å²) >= 11 is 0. The zero-order chi connectivity index (χ0) is 20.3. The summed E-state index contributed by atoms with van der Waals surface area (Å²) < 4.78 is 27.4. The van der Waals surface area contributed by atoms with Gasteiger partial charge >= 0.3 is 0 Å². The van der Waals surface area contributed by atoms with Gasteiger partial charge in [-0.2, -0.15) is 4.31 Å². The van der Waals surface area contributed by atoms with Crippen LogP contribution in [0.15, 0.2) is 71.6 Å². The van der Waals surface area contributed by atoms with Crippen LogP contribution in [0.4, 0.5) is 5.82 Å². The Morgan fingerprint density at radius 1 is 0.828 bits per heavy atom. The second kappa shape index (κ2) is 8.31. The molecule has 4 rings (SSSR count). The second-order valence-corrected chi connectivity index (χ2v) is 8.97. The molecule has 29 heavy (non-hydrogen) atoms. The lowest BCUT2D eigenvalue weighted by atomic mass is 10.1. The Morgan fingerprint density at radius 2 is 1.52 bits per heavy atom. The van der Waals surface area contributed by atoms with Crippen molar-refractivity contribution >= 4 is 15.8 Å². The van der Waals surface area contributed by atoms with Crippen LogP contribution < -0.4 is 4.90 Å². The van der Waals surface area contributed by atoms with Crippen LogP contribution in [0.3, 0.4) is 0 Å². The number of piperazine rings is 1. The minimum atomic E-state index is -3.46. The highest BCUT2D eigenvalue weighted by molar-refractivity contribution is 7.89. The topological polar surface area (TPSA) is 66.4 Å². The lowest BCUT2D eigenvalue weighted by Gasteiger charge is -2.34. The van der Waals surface area contributed by atoms with E-state index in [1.54, 1.807) is 16.4 Å². The highest BCUT2D eigenvalue weighted by Gasteiger charge is 2.29. The molecule has 0 radical (unpaired) electrons. The summed E-state index contributed by atoms with van der Waals surface area (Å²) in [7, 11) is -3.46. The molecule has 0 saturated carbocycles. The molecule has 7 heteroatoms. The quantitative estimate of drug-likeness (QED) is 0.649. The van der Waals surface area contributed by atoms with E-state index in [0.717, 1.165) is 29.1 Å². The van der Waals surface area contributed by atoms with Crippen LogP contribution in [0.5, 0.6) is 0 Å². The summed E-state index contributed by atoms with van der Waals surface area (Å²) in [5.74, 6) is 0.772. The number of hydrogen-bond acceptors (Lipinski definition) is 5. The summed E-state index contributed by atoms with van der Waals surface area (Å²) in [5, 5.41) is 8.68. The van der Waals surface area contributed by atoms with Gasteiger partial charge in [0.05, 0.1) is 10.6 Å². The summed E-state index contributed by atoms with van der Waals surface area (Å²) in [6.07, 6.45) is 0.892. The number of hydrogen-bond donors (Lipinski definition) is 0. The number of benzene rings is 2. The molecule has 1 aromatic heterocycles. The molecule has 1 saturated heterocycles. The third kappa shape index (κ3) is 4.16. The maximum absolute atomic E-state index is 12.9. The Labute approximate surface area is 171 Å². The lowest BCUT2D eigenvalue weighted by molar-refractivity contribution is 0.383. The van der Waals surface area contributed by atoms with E-state index in [1.165, 1.54) is 0 Å². The van der Waals surface area contributed by atoms with Gasteiger partial charge in [0.1, 0.15) is 0 Å². The van der Waals surface area contributed by atoms with E-state index in [1.807, 2.05) is 54.6 Å². The molecular formula is C22H24N4O2S. The zero-order valence-electron chi connectivity index (χ0n) is 16.4. The largest absolute Gasteiger partial charge is 0.352 e. The number of sulfonamides is 1. The Kier molecular flexibility index (Phi) is 5.60. The molecule has 6 nitrogen and oxygen atoms in total. The molecule has 2 aromatic carbocycles. The molecule has 0 unspecified atom stereocenters. The molecule has 0 N–H and O–H groups in total. The average molecular weight is 409 g/mol. The molecule has 0 bridgehead atoms. The summed E-state index contributed by atoms with van der Waals surface area (Å²) in [6.45, 7) is 4.09. The van der Waals surface area contributed by atoms with Crippen molar-refractivity contribution in [2.75, 3.05) is 31.1 Å². The third-order valence-electron chi connectivity index (χ3n) is 5.25. The van der Waals surface area contributed by atoms with Crippen LogP contribution >= 0.6 is 0 Å². The Morgan fingerprint density at radius 3 is 2.10 bits per heavy atom. The maximum atomic E-state index is 12.9. The Hall–Kier alpha value is -2.77. The van der Waals surface area contributed by atoms with Crippen LogP contribution in [0.2, 0.25) is 0 Å². The average Bonchev–Trinajstić information content (AvgIpc) is 2.80. The van der Waals surface area contributed by atoms with Gasteiger partial charge in [-0.3, -0.25) is 0 Å². The molecule has 3 aromatic rings. The number of aromatic nitrogens is 2. The lowest BCUT2D eigenvalue weighted by Crippen LogP contribution is -2.49. The van der Waals surface area contributed by atoms with Gasteiger partial charge in [-0.25, -0.2) is 8.42 Å². The van der Waals surface area contributed by atoms with E-state index >= 15 is 0 Å². The minimum absolute atomic E-state index is 0.357. The smallest absolute Gasteiger partial charge is 0.243 e. The maximum Gasteiger partial charge on any atom is 0.243 e. The van der Waals surface area contributed by atoms with E-state index in [4.69, 9.17) is 0 Å². The SMILES string of the molecule is CCc1ccc(S(=O)(=O)N2CCN(c3ccc(-c4ccccc4)nn3)CC2)cc1. The van der Waals surface area contributed by atoms with E-state index in [0.29, 0.717) is 31.1 Å². The van der Waals surface area contributed by atoms with Gasteiger partial charge in [0.25, 0.3) is 0 Å². The molecule has 1 fully saturated rings. The molecule has 1 aliphatic heterocycles. The summed E-state index contributed by atoms with van der Waals surface area (Å²) in [5.41, 5.74) is 2.98. The van der Waals surface area contributed by atoms with Gasteiger partial charge in [-0.05, 0) is 36.2 Å². The summed E-state index contributed by atoms with van der Waals surface area (Å²) in [4.78, 5) is 2.43. The first-order chi connectivity index (χ1) is 14.1. The first-order valence-corrected chi connectivity index (χ1v) is 11.2. The van der Waals surface area contributed by atoms with Crippen molar-refractivity contribution in [1.82, 2.24) is 14.5 Å². The van der Waals surface area contributed by atoms with E-state index in [-0.39, 0.29) is 0 Å². The standard InChI is InChI=1S/C22H24N4O2S/c1-2-18-8-10-20(11-9-18)29(27,28)26-16-14-25(15-17-26)22-13-12-21(23-24-22)19-6-4-3-5-7-19/h3-13H,2,14-17H2,1H3. The Bertz CT molecular complexity index is 1040. The predicted molar refractivity (Wildman–Crippen MR) is 114 cm³/mol. The highest BCUT2D eigenvalue weighted by atomic mass is 32.2. The predicted octanol–water partition coefficient (Wildman–Crippen LogP) is 3.22. The van der Waals surface area contributed by atoms with Gasteiger partial charge in [-0.1, -0.05) is 49.4 Å². The number of nitrogens with zero attached hydrogens (tertiary/aromatic N) is 4. The first-order valence-electron chi connectivity index (χ1n) is 9.81. The highest BCUT2D eigenvalue weighted by Crippen LogP contribution is 2.22. The third-order valence-corrected chi connectivity index (χ3v) is 7.16. The molecule has 0 atom stereocenters. The van der Waals surface area contributed by atoms with Crippen LogP contribution in [0.1, 0.15) is 12.5 Å². The number of aryl methyl sites for hydroxylation is 1. The van der Waals surface area contributed by atoms with Crippen molar-refractivity contribution in [3.05, 3.63) is 72.3 Å². The number of anilines is 1. The fourth-order valence-electron chi connectivity index (χ4n) is 3.46. The van der Waals surface area contributed by atoms with Crippen LogP contribution in [-0.4, -0.2) is 49.1 Å². The number of rotatable bonds is 5. The molecule has 1 aliphatic rings. The van der Waals surface area contributed by atoms with Crippen molar-refractivity contribution < 1.29 is 8.42 Å². The van der Waals surface area contributed by atoms with E-state index in [9.17, 15) is 8.42 Å². The fourth-order valence-corrected chi connectivity index (χ4v) is 4.88. The van der Waals surface area contributed by atoms with Crippen molar-refractivity contribution in [2.45, 2.75) is 18.2 Å². The summed E-state index contributed by atoms with van der Waals surface area (Å²) in [6, 6.07) is 21.0. The van der Waals surface area contributed by atoms with Crippen molar-refractivity contribution in [1.29, 1.82) is 0 Å². The molecule has 150 valence electrons. The normalized spacial score (nSPS) is 15.4. The van der Waals surface area contributed by atoms with Crippen LogP contribution in [0.25, 0.3) is 11.3 Å². The van der Waals surface area contributed by atoms with Gasteiger partial charge in [0, 0.05) is 31.7 Å². The van der Waals surface area contributed by atoms with Crippen LogP contribution in [0, 0.1) is 0 Å². The zero-order valence-corrected chi connectivity index (χ0v) is 17.2. The molecule has 0 amide bonds. The van der Waals surface area contributed by atoms with Gasteiger partial charge in [0.2, 0.25) is 10.0 Å². The monoisotopic (exact) mass is 408 g/mol. The van der Waals surface area contributed by atoms with Crippen molar-refractivity contribution in [2.24, 2.45) is 0 Å².